The van der Waals surface area contributed by atoms with Crippen LogP contribution < -0.4 is 4.57 Å². The molecule has 6 heteroatoms. The Labute approximate surface area is 110 Å². The van der Waals surface area contributed by atoms with E-state index >= 15 is 0 Å². The van der Waals surface area contributed by atoms with Gasteiger partial charge in [-0.05, 0) is 11.6 Å². The van der Waals surface area contributed by atoms with Crippen LogP contribution in [0, 0.1) is 4.91 Å². The molecule has 0 unspecified atom stereocenters. The quantitative estimate of drug-likeness (QED) is 0.218. The SMILES string of the molecule is O=NCC1=CC[N+](=C[n+]2ccc(C=NO)cc2)C=C1. The van der Waals surface area contributed by atoms with Crippen molar-refractivity contribution in [2.45, 2.75) is 0 Å². The van der Waals surface area contributed by atoms with Crippen molar-refractivity contribution in [2.24, 2.45) is 10.3 Å². The van der Waals surface area contributed by atoms with Crippen molar-refractivity contribution >= 4 is 12.6 Å². The van der Waals surface area contributed by atoms with Crippen LogP contribution in [0.4, 0.5) is 0 Å². The molecular weight excluding hydrogens is 244 g/mol. The van der Waals surface area contributed by atoms with Gasteiger partial charge in [0.1, 0.15) is 6.54 Å². The Hall–Kier alpha value is -2.63. The molecule has 0 saturated carbocycles. The third-order valence-corrected chi connectivity index (χ3v) is 2.66. The molecule has 2 rings (SSSR count). The second-order valence-corrected chi connectivity index (χ2v) is 4.02. The molecule has 1 aliphatic rings. The third kappa shape index (κ3) is 3.67. The molecule has 1 N–H and O–H groups in total. The van der Waals surface area contributed by atoms with Gasteiger partial charge in [-0.15, -0.1) is 9.14 Å². The number of nitroso groups, excluding NO2 is 1. The maximum absolute atomic E-state index is 10.2. The fourth-order valence-electron chi connectivity index (χ4n) is 1.67. The van der Waals surface area contributed by atoms with Crippen molar-refractivity contribution in [1.82, 2.24) is 0 Å². The van der Waals surface area contributed by atoms with Crippen LogP contribution >= 0.6 is 0 Å². The van der Waals surface area contributed by atoms with Gasteiger partial charge in [0, 0.05) is 23.8 Å². The number of nitrogens with zero attached hydrogens (tertiary/aromatic N) is 4. The van der Waals surface area contributed by atoms with E-state index in [1.54, 1.807) is 0 Å². The first-order valence-electron chi connectivity index (χ1n) is 5.77. The van der Waals surface area contributed by atoms with Crippen LogP contribution in [0.3, 0.4) is 0 Å². The minimum absolute atomic E-state index is 0.215. The predicted molar refractivity (Wildman–Crippen MR) is 70.5 cm³/mol. The lowest BCUT2D eigenvalue weighted by molar-refractivity contribution is -0.608. The molecule has 1 aliphatic heterocycles. The zero-order chi connectivity index (χ0) is 13.5. The van der Waals surface area contributed by atoms with Crippen LogP contribution in [-0.2, 0) is 0 Å². The first-order chi connectivity index (χ1) is 9.31. The number of hydrogen-bond acceptors (Lipinski definition) is 4. The van der Waals surface area contributed by atoms with E-state index in [-0.39, 0.29) is 6.54 Å². The molecule has 96 valence electrons. The van der Waals surface area contributed by atoms with Gasteiger partial charge < -0.3 is 5.21 Å². The molecule has 19 heavy (non-hydrogen) atoms. The monoisotopic (exact) mass is 258 g/mol. The highest BCUT2D eigenvalue weighted by atomic mass is 16.4. The van der Waals surface area contributed by atoms with E-state index in [2.05, 4.69) is 10.3 Å². The minimum Gasteiger partial charge on any atom is -0.411 e. The maximum atomic E-state index is 10.2. The molecule has 2 heterocycles. The summed E-state index contributed by atoms with van der Waals surface area (Å²) in [6.45, 7) is 0.918. The van der Waals surface area contributed by atoms with Crippen LogP contribution in [0.15, 0.2) is 58.8 Å². The minimum atomic E-state index is 0.215. The van der Waals surface area contributed by atoms with Crippen LogP contribution in [0.1, 0.15) is 5.56 Å². The maximum Gasteiger partial charge on any atom is 0.412 e. The number of hydrogen-bond donors (Lipinski definition) is 1. The Kier molecular flexibility index (Phi) is 4.28. The van der Waals surface area contributed by atoms with Crippen LogP contribution in [-0.4, -0.2) is 35.4 Å². The van der Waals surface area contributed by atoms with E-state index in [4.69, 9.17) is 5.21 Å². The molecule has 0 radical (unpaired) electrons. The summed E-state index contributed by atoms with van der Waals surface area (Å²) in [5, 5.41) is 14.2. The summed E-state index contributed by atoms with van der Waals surface area (Å²) in [5.41, 5.74) is 1.75. The molecule has 0 fully saturated rings. The summed E-state index contributed by atoms with van der Waals surface area (Å²) in [5.74, 6) is 0. The lowest BCUT2D eigenvalue weighted by Gasteiger charge is -1.99. The summed E-state index contributed by atoms with van der Waals surface area (Å²) < 4.78 is 3.87. The summed E-state index contributed by atoms with van der Waals surface area (Å²) >= 11 is 0. The first-order valence-corrected chi connectivity index (χ1v) is 5.77. The van der Waals surface area contributed by atoms with Crippen molar-refractivity contribution in [1.29, 1.82) is 0 Å². The molecule has 0 amide bonds. The largest absolute Gasteiger partial charge is 0.412 e. The predicted octanol–water partition coefficient (Wildman–Crippen LogP) is 0.891. The lowest BCUT2D eigenvalue weighted by atomic mass is 10.2. The van der Waals surface area contributed by atoms with E-state index in [0.717, 1.165) is 11.1 Å². The van der Waals surface area contributed by atoms with Gasteiger partial charge in [0.15, 0.2) is 25.1 Å². The second kappa shape index (κ2) is 6.34. The van der Waals surface area contributed by atoms with Gasteiger partial charge in [0.05, 0.1) is 6.21 Å². The number of oxime groups is 1. The van der Waals surface area contributed by atoms with Gasteiger partial charge in [-0.1, -0.05) is 10.3 Å². The number of aromatic nitrogens is 1. The van der Waals surface area contributed by atoms with E-state index in [1.807, 2.05) is 58.4 Å². The Morgan fingerprint density at radius 2 is 2.16 bits per heavy atom. The highest BCUT2D eigenvalue weighted by molar-refractivity contribution is 5.78. The van der Waals surface area contributed by atoms with Crippen molar-refractivity contribution in [3.63, 3.8) is 0 Å². The second-order valence-electron chi connectivity index (χ2n) is 4.02. The zero-order valence-corrected chi connectivity index (χ0v) is 10.3. The Bertz CT molecular complexity index is 571. The molecule has 1 aromatic rings. The molecule has 0 saturated heterocycles. The standard InChI is InChI=1S/C13H13N4O2/c18-14-9-12-1-5-16(6-2-12)11-17-7-3-13(4-8-17)10-15-19/h1-7,9,11H,8,10H2/q+1/p+1. The van der Waals surface area contributed by atoms with Crippen molar-refractivity contribution in [3.05, 3.63) is 58.9 Å². The Balaban J connectivity index is 2.07. The van der Waals surface area contributed by atoms with E-state index < -0.39 is 0 Å². The summed E-state index contributed by atoms with van der Waals surface area (Å²) in [7, 11) is 0. The third-order valence-electron chi connectivity index (χ3n) is 2.66. The number of pyridine rings is 1. The normalized spacial score (nSPS) is 16.8. The summed E-state index contributed by atoms with van der Waals surface area (Å²) in [6.07, 6.45) is 12.7. The average molecular weight is 258 g/mol. The molecule has 0 spiro atoms. The molecular formula is C13H14N4O2+2. The van der Waals surface area contributed by atoms with Crippen LogP contribution in [0.5, 0.6) is 0 Å². The van der Waals surface area contributed by atoms with E-state index in [1.165, 1.54) is 6.21 Å². The molecule has 1 aromatic heterocycles. The van der Waals surface area contributed by atoms with Crippen molar-refractivity contribution in [2.75, 3.05) is 13.1 Å². The van der Waals surface area contributed by atoms with E-state index in [9.17, 15) is 4.91 Å². The van der Waals surface area contributed by atoms with Gasteiger partial charge >= 0.3 is 6.34 Å². The molecule has 0 aliphatic carbocycles. The topological polar surface area (TPSA) is 68.9 Å². The Morgan fingerprint density at radius 1 is 1.37 bits per heavy atom. The van der Waals surface area contributed by atoms with Crippen LogP contribution in [0.2, 0.25) is 0 Å². The van der Waals surface area contributed by atoms with Gasteiger partial charge in [-0.3, -0.25) is 0 Å². The number of rotatable bonds is 4. The average Bonchev–Trinajstić information content (AvgIpc) is 2.44. The fourth-order valence-corrected chi connectivity index (χ4v) is 1.67. The molecule has 0 atom stereocenters. The molecule has 0 aromatic carbocycles. The Morgan fingerprint density at radius 3 is 2.74 bits per heavy atom. The van der Waals surface area contributed by atoms with Gasteiger partial charge in [-0.2, -0.15) is 4.91 Å². The summed E-state index contributed by atoms with van der Waals surface area (Å²) in [4.78, 5) is 10.2. The molecule has 6 nitrogen and oxygen atoms in total. The highest BCUT2D eigenvalue weighted by Gasteiger charge is 2.10. The zero-order valence-electron chi connectivity index (χ0n) is 10.3. The first kappa shape index (κ1) is 12.8. The fraction of sp³-hybridized carbons (Fsp3) is 0.154. The lowest BCUT2D eigenvalue weighted by Crippen LogP contribution is -2.37. The molecule has 0 bridgehead atoms. The van der Waals surface area contributed by atoms with E-state index in [0.29, 0.717) is 6.54 Å². The highest BCUT2D eigenvalue weighted by Crippen LogP contribution is 2.02. The summed E-state index contributed by atoms with van der Waals surface area (Å²) in [6, 6.07) is 3.67. The van der Waals surface area contributed by atoms with Crippen molar-refractivity contribution < 1.29 is 14.3 Å². The smallest absolute Gasteiger partial charge is 0.411 e. The van der Waals surface area contributed by atoms with Gasteiger partial charge in [0.25, 0.3) is 0 Å². The van der Waals surface area contributed by atoms with Crippen LogP contribution in [0.25, 0.3) is 0 Å². The van der Waals surface area contributed by atoms with Gasteiger partial charge in [0.2, 0.25) is 0 Å². The van der Waals surface area contributed by atoms with Crippen molar-refractivity contribution in [3.8, 4) is 0 Å². The van der Waals surface area contributed by atoms with Gasteiger partial charge in [-0.25, -0.2) is 0 Å².